The first-order valence-electron chi connectivity index (χ1n) is 9.27. The van der Waals surface area contributed by atoms with E-state index in [9.17, 15) is 14.4 Å². The Labute approximate surface area is 176 Å². The van der Waals surface area contributed by atoms with Crippen molar-refractivity contribution in [3.05, 3.63) is 97.8 Å². The van der Waals surface area contributed by atoms with Gasteiger partial charge in [0.05, 0.1) is 16.1 Å². The molecule has 0 bridgehead atoms. The predicted molar refractivity (Wildman–Crippen MR) is 117 cm³/mol. The molecule has 1 N–H and O–H groups in total. The summed E-state index contributed by atoms with van der Waals surface area (Å²) in [5.74, 6) is -0.426. The van der Waals surface area contributed by atoms with Gasteiger partial charge in [-0.1, -0.05) is 54.1 Å². The third-order valence-corrected chi connectivity index (χ3v) is 5.36. The number of hydrogen-bond donors (Lipinski definition) is 1. The summed E-state index contributed by atoms with van der Waals surface area (Å²) >= 11 is 6.18. The molecule has 7 nitrogen and oxygen atoms in total. The summed E-state index contributed by atoms with van der Waals surface area (Å²) in [6.07, 6.45) is 0. The predicted octanol–water partition coefficient (Wildman–Crippen LogP) is 2.99. The third kappa shape index (κ3) is 3.33. The fourth-order valence-electron chi connectivity index (χ4n) is 3.50. The van der Waals surface area contributed by atoms with Gasteiger partial charge in [0.15, 0.2) is 0 Å². The van der Waals surface area contributed by atoms with Crippen molar-refractivity contribution in [3.63, 3.8) is 0 Å². The Morgan fingerprint density at radius 1 is 0.967 bits per heavy atom. The van der Waals surface area contributed by atoms with E-state index in [0.717, 1.165) is 10.1 Å². The molecule has 0 aliphatic heterocycles. The van der Waals surface area contributed by atoms with Crippen LogP contribution >= 0.6 is 11.6 Å². The summed E-state index contributed by atoms with van der Waals surface area (Å²) < 4.78 is 4.09. The van der Waals surface area contributed by atoms with Crippen LogP contribution in [0.15, 0.2) is 70.3 Å². The molecule has 8 heteroatoms. The van der Waals surface area contributed by atoms with Crippen LogP contribution < -0.4 is 16.6 Å². The average molecular weight is 423 g/mol. The van der Waals surface area contributed by atoms with Gasteiger partial charge in [-0.3, -0.25) is 18.7 Å². The summed E-state index contributed by atoms with van der Waals surface area (Å²) in [5, 5.41) is 3.49. The summed E-state index contributed by atoms with van der Waals surface area (Å²) in [4.78, 5) is 38.4. The minimum atomic E-state index is -0.460. The van der Waals surface area contributed by atoms with Crippen molar-refractivity contribution < 1.29 is 4.79 Å². The highest BCUT2D eigenvalue weighted by molar-refractivity contribution is 6.33. The maximum atomic E-state index is 13.2. The van der Waals surface area contributed by atoms with Gasteiger partial charge >= 0.3 is 5.69 Å². The molecule has 0 radical (unpaired) electrons. The highest BCUT2D eigenvalue weighted by Crippen LogP contribution is 2.23. The first-order valence-corrected chi connectivity index (χ1v) is 9.65. The van der Waals surface area contributed by atoms with E-state index in [1.54, 1.807) is 35.9 Å². The van der Waals surface area contributed by atoms with Gasteiger partial charge in [-0.2, -0.15) is 0 Å². The lowest BCUT2D eigenvalue weighted by Gasteiger charge is -2.14. The van der Waals surface area contributed by atoms with Crippen LogP contribution in [0.4, 0.5) is 5.69 Å². The van der Waals surface area contributed by atoms with Gasteiger partial charge in [0.25, 0.3) is 11.5 Å². The molecule has 0 fully saturated rings. The molecule has 4 rings (SSSR count). The van der Waals surface area contributed by atoms with E-state index in [0.29, 0.717) is 28.3 Å². The molecule has 4 aromatic rings. The second kappa shape index (κ2) is 7.68. The second-order valence-corrected chi connectivity index (χ2v) is 7.39. The van der Waals surface area contributed by atoms with Gasteiger partial charge in [-0.25, -0.2) is 4.79 Å². The molecule has 2 aromatic carbocycles. The molecule has 0 unspecified atom stereocenters. The van der Waals surface area contributed by atoms with E-state index in [2.05, 4.69) is 5.32 Å². The quantitative estimate of drug-likeness (QED) is 0.549. The fraction of sp³-hybridized carbons (Fsp3) is 0.136. The number of halogens is 1. The van der Waals surface area contributed by atoms with Crippen LogP contribution in [0.2, 0.25) is 5.02 Å². The summed E-state index contributed by atoms with van der Waals surface area (Å²) in [6, 6.07) is 17.9. The van der Waals surface area contributed by atoms with Crippen LogP contribution in [0, 0.1) is 0 Å². The van der Waals surface area contributed by atoms with Crippen molar-refractivity contribution >= 4 is 34.2 Å². The van der Waals surface area contributed by atoms with E-state index >= 15 is 0 Å². The molecule has 152 valence electrons. The Kier molecular flexibility index (Phi) is 5.05. The number of aromatic nitrogens is 3. The Bertz CT molecular complexity index is 1380. The smallest absolute Gasteiger partial charge is 0.319 e. The summed E-state index contributed by atoms with van der Waals surface area (Å²) in [5.41, 5.74) is 1.12. The highest BCUT2D eigenvalue weighted by Gasteiger charge is 2.22. The molecule has 0 atom stereocenters. The van der Waals surface area contributed by atoms with Gasteiger partial charge in [-0.05, 0) is 23.8 Å². The van der Waals surface area contributed by atoms with Crippen LogP contribution in [0.5, 0.6) is 0 Å². The SMILES string of the molecule is Cn1c(=O)c2cc(C(=O)Nc3ccccc3Cl)n(Cc3ccccc3)c2n(C)c1=O. The van der Waals surface area contributed by atoms with Crippen molar-refractivity contribution in [3.8, 4) is 0 Å². The summed E-state index contributed by atoms with van der Waals surface area (Å²) in [6.45, 7) is 0.316. The largest absolute Gasteiger partial charge is 0.332 e. The van der Waals surface area contributed by atoms with E-state index in [1.165, 1.54) is 17.7 Å². The normalized spacial score (nSPS) is 11.0. The standard InChI is InChI=1S/C22H19ClN4O3/c1-25-20-15(21(29)26(2)22(25)30)12-18(27(20)13-14-8-4-3-5-9-14)19(28)24-17-11-7-6-10-16(17)23/h3-12H,13H2,1-2H3,(H,24,28). The average Bonchev–Trinajstić information content (AvgIpc) is 3.12. The molecule has 30 heavy (non-hydrogen) atoms. The number of hydrogen-bond acceptors (Lipinski definition) is 3. The van der Waals surface area contributed by atoms with Crippen LogP contribution in [0.25, 0.3) is 11.0 Å². The molecule has 0 saturated carbocycles. The highest BCUT2D eigenvalue weighted by atomic mass is 35.5. The number of benzene rings is 2. The number of anilines is 1. The third-order valence-electron chi connectivity index (χ3n) is 5.03. The zero-order valence-electron chi connectivity index (χ0n) is 16.4. The Balaban J connectivity index is 1.93. The van der Waals surface area contributed by atoms with Crippen LogP contribution in [-0.4, -0.2) is 19.6 Å². The zero-order valence-corrected chi connectivity index (χ0v) is 17.2. The Morgan fingerprint density at radius 2 is 1.63 bits per heavy atom. The molecule has 2 heterocycles. The lowest BCUT2D eigenvalue weighted by atomic mass is 10.2. The van der Waals surface area contributed by atoms with Crippen molar-refractivity contribution in [1.29, 1.82) is 0 Å². The molecule has 0 saturated heterocycles. The van der Waals surface area contributed by atoms with Gasteiger partial charge < -0.3 is 9.88 Å². The number of nitrogens with zero attached hydrogens (tertiary/aromatic N) is 3. The van der Waals surface area contributed by atoms with Gasteiger partial charge in [0.1, 0.15) is 11.3 Å². The number of nitrogens with one attached hydrogen (secondary N) is 1. The zero-order chi connectivity index (χ0) is 21.4. The Hall–Kier alpha value is -3.58. The molecular formula is C22H19ClN4O3. The van der Waals surface area contributed by atoms with Crippen LogP contribution in [0.3, 0.4) is 0 Å². The fourth-order valence-corrected chi connectivity index (χ4v) is 3.69. The molecule has 0 aliphatic carbocycles. The van der Waals surface area contributed by atoms with Gasteiger partial charge in [0, 0.05) is 20.6 Å². The lowest BCUT2D eigenvalue weighted by Crippen LogP contribution is -2.37. The van der Waals surface area contributed by atoms with Crippen molar-refractivity contribution in [2.45, 2.75) is 6.54 Å². The van der Waals surface area contributed by atoms with Crippen molar-refractivity contribution in [2.75, 3.05) is 5.32 Å². The first-order chi connectivity index (χ1) is 14.4. The van der Waals surface area contributed by atoms with Crippen LogP contribution in [0.1, 0.15) is 16.1 Å². The number of carbonyl (C=O) groups is 1. The topological polar surface area (TPSA) is 78.0 Å². The van der Waals surface area contributed by atoms with E-state index in [1.807, 2.05) is 30.3 Å². The van der Waals surface area contributed by atoms with Crippen molar-refractivity contribution in [2.24, 2.45) is 14.1 Å². The second-order valence-electron chi connectivity index (χ2n) is 6.98. The maximum absolute atomic E-state index is 13.2. The molecular weight excluding hydrogens is 404 g/mol. The number of carbonyl (C=O) groups excluding carboxylic acids is 1. The molecule has 0 aliphatic rings. The number of rotatable bonds is 4. The minimum Gasteiger partial charge on any atom is -0.319 e. The van der Waals surface area contributed by atoms with E-state index in [4.69, 9.17) is 11.6 Å². The van der Waals surface area contributed by atoms with Gasteiger partial charge in [-0.15, -0.1) is 0 Å². The number of aryl methyl sites for hydroxylation is 1. The molecule has 1 amide bonds. The van der Waals surface area contributed by atoms with Crippen LogP contribution in [-0.2, 0) is 20.6 Å². The number of fused-ring (bicyclic) bond motifs is 1. The molecule has 0 spiro atoms. The number of amides is 1. The van der Waals surface area contributed by atoms with E-state index in [-0.39, 0.29) is 5.69 Å². The monoisotopic (exact) mass is 422 g/mol. The van der Waals surface area contributed by atoms with Crippen molar-refractivity contribution in [1.82, 2.24) is 13.7 Å². The van der Waals surface area contributed by atoms with Gasteiger partial charge in [0.2, 0.25) is 0 Å². The van der Waals surface area contributed by atoms with E-state index < -0.39 is 17.2 Å². The summed E-state index contributed by atoms with van der Waals surface area (Å²) in [7, 11) is 3.00. The maximum Gasteiger partial charge on any atom is 0.332 e. The lowest BCUT2D eigenvalue weighted by molar-refractivity contribution is 0.101. The molecule has 2 aromatic heterocycles. The minimum absolute atomic E-state index is 0.257. The number of para-hydroxylation sites is 1. The Morgan fingerprint density at radius 3 is 2.33 bits per heavy atom. The first kappa shape index (κ1) is 19.7.